The van der Waals surface area contributed by atoms with E-state index in [1.54, 1.807) is 16.2 Å². The molecule has 26 heavy (non-hydrogen) atoms. The van der Waals surface area contributed by atoms with Crippen LogP contribution in [0.2, 0.25) is 0 Å². The Kier molecular flexibility index (Phi) is 3.84. The van der Waals surface area contributed by atoms with Crippen molar-refractivity contribution in [2.45, 2.75) is 13.8 Å². The molecule has 0 aliphatic rings. The summed E-state index contributed by atoms with van der Waals surface area (Å²) in [6, 6.07) is 15.5. The number of halogens is 1. The van der Waals surface area contributed by atoms with E-state index >= 15 is 0 Å². The van der Waals surface area contributed by atoms with Crippen LogP contribution in [0.25, 0.3) is 33.1 Å². The highest BCUT2D eigenvalue weighted by atomic mass is 79.9. The number of fused-ring (bicyclic) bond motifs is 3. The lowest BCUT2D eigenvalue weighted by atomic mass is 10.1. The number of aromatic nitrogens is 2. The molecule has 0 fully saturated rings. The molecule has 5 heteroatoms. The highest BCUT2D eigenvalue weighted by Crippen LogP contribution is 2.35. The molecule has 0 unspecified atom stereocenters. The summed E-state index contributed by atoms with van der Waals surface area (Å²) in [6.07, 6.45) is 0. The van der Waals surface area contributed by atoms with Gasteiger partial charge in [0.1, 0.15) is 0 Å². The van der Waals surface area contributed by atoms with Crippen molar-refractivity contribution in [3.8, 4) is 11.3 Å². The third-order valence-electron chi connectivity index (χ3n) is 4.89. The van der Waals surface area contributed by atoms with Crippen LogP contribution in [0.4, 0.5) is 0 Å². The summed E-state index contributed by atoms with van der Waals surface area (Å²) in [4.78, 5) is 25.7. The largest absolute Gasteiger partial charge is 0.311 e. The summed E-state index contributed by atoms with van der Waals surface area (Å²) in [7, 11) is 1.77. The molecule has 2 aromatic carbocycles. The lowest BCUT2D eigenvalue weighted by Crippen LogP contribution is -2.18. The number of pyridine rings is 1. The van der Waals surface area contributed by atoms with Crippen molar-refractivity contribution >= 4 is 43.6 Å². The van der Waals surface area contributed by atoms with E-state index < -0.39 is 0 Å². The molecule has 2 aromatic heterocycles. The van der Waals surface area contributed by atoms with Crippen LogP contribution in [0.1, 0.15) is 17.3 Å². The van der Waals surface area contributed by atoms with Crippen LogP contribution in [-0.2, 0) is 7.05 Å². The van der Waals surface area contributed by atoms with Gasteiger partial charge in [0.05, 0.1) is 22.1 Å². The number of carbonyl (C=O) groups excluding carboxylic acids is 1. The zero-order valence-electron chi connectivity index (χ0n) is 14.7. The summed E-state index contributed by atoms with van der Waals surface area (Å²) in [5.41, 5.74) is 3.91. The maximum Gasteiger partial charge on any atom is 0.260 e. The second kappa shape index (κ2) is 5.95. The summed E-state index contributed by atoms with van der Waals surface area (Å²) < 4.78 is 4.30. The molecule has 4 rings (SSSR count). The summed E-state index contributed by atoms with van der Waals surface area (Å²) in [5.74, 6) is -0.112. The normalized spacial score (nSPS) is 11.4. The monoisotopic (exact) mass is 408 g/mol. The number of benzene rings is 2. The van der Waals surface area contributed by atoms with Gasteiger partial charge in [0.15, 0.2) is 0 Å². The lowest BCUT2D eigenvalue weighted by molar-refractivity contribution is 0.0943. The minimum atomic E-state index is -0.112. The smallest absolute Gasteiger partial charge is 0.260 e. The van der Waals surface area contributed by atoms with Gasteiger partial charge in [-0.1, -0.05) is 46.3 Å². The van der Waals surface area contributed by atoms with Gasteiger partial charge in [0, 0.05) is 23.8 Å². The van der Waals surface area contributed by atoms with E-state index in [1.807, 2.05) is 55.5 Å². The molecule has 4 nitrogen and oxygen atoms in total. The fourth-order valence-electron chi connectivity index (χ4n) is 3.72. The van der Waals surface area contributed by atoms with Crippen molar-refractivity contribution < 1.29 is 4.79 Å². The van der Waals surface area contributed by atoms with Gasteiger partial charge in [-0.3, -0.25) is 14.2 Å². The molecular weight excluding hydrogens is 392 g/mol. The first kappa shape index (κ1) is 16.8. The number of nitrogens with zero attached hydrogens (tertiary/aromatic N) is 2. The fourth-order valence-corrected chi connectivity index (χ4v) is 3.98. The van der Waals surface area contributed by atoms with Gasteiger partial charge in [-0.25, -0.2) is 0 Å². The SMILES string of the molecule is CC(=O)n1c(-c2ccc(Br)cc2)c(C)c2c(=O)n(C)c3ccccc3c21. The molecule has 0 atom stereocenters. The Morgan fingerprint density at radius 2 is 1.69 bits per heavy atom. The average molecular weight is 409 g/mol. The number of aryl methyl sites for hydroxylation is 2. The molecule has 0 amide bonds. The molecule has 0 bridgehead atoms. The molecule has 2 heterocycles. The van der Waals surface area contributed by atoms with E-state index in [-0.39, 0.29) is 11.5 Å². The standard InChI is InChI=1S/C21H17BrN2O2/c1-12-18-20(16-6-4-5-7-17(16)23(3)21(18)26)24(13(2)25)19(12)14-8-10-15(22)11-9-14/h4-11H,1-3H3. The maximum absolute atomic E-state index is 13.1. The fraction of sp³-hybridized carbons (Fsp3) is 0.143. The van der Waals surface area contributed by atoms with E-state index in [0.29, 0.717) is 10.9 Å². The number of para-hydroxylation sites is 1. The molecule has 0 radical (unpaired) electrons. The average Bonchev–Trinajstić information content (AvgIpc) is 2.94. The molecule has 0 saturated heterocycles. The van der Waals surface area contributed by atoms with Crippen molar-refractivity contribution in [3.05, 3.63) is 68.9 Å². The third kappa shape index (κ3) is 2.27. The summed E-state index contributed by atoms with van der Waals surface area (Å²) in [6.45, 7) is 3.45. The topological polar surface area (TPSA) is 44.0 Å². The molecule has 0 saturated carbocycles. The predicted molar refractivity (Wildman–Crippen MR) is 109 cm³/mol. The van der Waals surface area contributed by atoms with Crippen LogP contribution in [0.3, 0.4) is 0 Å². The van der Waals surface area contributed by atoms with Gasteiger partial charge < -0.3 is 4.57 Å². The van der Waals surface area contributed by atoms with E-state index in [0.717, 1.165) is 32.2 Å². The lowest BCUT2D eigenvalue weighted by Gasteiger charge is -2.10. The number of carbonyl (C=O) groups is 1. The van der Waals surface area contributed by atoms with Crippen LogP contribution < -0.4 is 5.56 Å². The van der Waals surface area contributed by atoms with E-state index in [9.17, 15) is 9.59 Å². The van der Waals surface area contributed by atoms with Gasteiger partial charge in [-0.2, -0.15) is 0 Å². The zero-order valence-corrected chi connectivity index (χ0v) is 16.3. The summed E-state index contributed by atoms with van der Waals surface area (Å²) >= 11 is 3.45. The van der Waals surface area contributed by atoms with E-state index in [1.165, 1.54) is 6.92 Å². The zero-order chi connectivity index (χ0) is 18.6. The Labute approximate surface area is 158 Å². The first-order valence-corrected chi connectivity index (χ1v) is 9.10. The highest BCUT2D eigenvalue weighted by molar-refractivity contribution is 9.10. The van der Waals surface area contributed by atoms with Gasteiger partial charge in [-0.05, 0) is 36.2 Å². The highest BCUT2D eigenvalue weighted by Gasteiger charge is 2.23. The Balaban J connectivity index is 2.30. The molecule has 130 valence electrons. The van der Waals surface area contributed by atoms with Crippen LogP contribution in [-0.4, -0.2) is 15.0 Å². The second-order valence-corrected chi connectivity index (χ2v) is 7.36. The molecule has 0 aliphatic heterocycles. The quantitative estimate of drug-likeness (QED) is 0.449. The van der Waals surface area contributed by atoms with E-state index in [4.69, 9.17) is 0 Å². The van der Waals surface area contributed by atoms with Gasteiger partial charge in [0.25, 0.3) is 5.56 Å². The number of hydrogen-bond acceptors (Lipinski definition) is 2. The predicted octanol–water partition coefficient (Wildman–Crippen LogP) is 4.89. The molecule has 0 spiro atoms. The van der Waals surface area contributed by atoms with Crippen molar-refractivity contribution in [2.75, 3.05) is 0 Å². The van der Waals surface area contributed by atoms with Crippen molar-refractivity contribution in [1.29, 1.82) is 0 Å². The maximum atomic E-state index is 13.1. The van der Waals surface area contributed by atoms with Crippen molar-refractivity contribution in [1.82, 2.24) is 9.13 Å². The minimum absolute atomic E-state index is 0.0884. The molecular formula is C21H17BrN2O2. The third-order valence-corrected chi connectivity index (χ3v) is 5.41. The Morgan fingerprint density at radius 3 is 2.35 bits per heavy atom. The number of hydrogen-bond donors (Lipinski definition) is 0. The van der Waals surface area contributed by atoms with Gasteiger partial charge in [0.2, 0.25) is 5.91 Å². The Bertz CT molecular complexity index is 1250. The minimum Gasteiger partial charge on any atom is -0.311 e. The number of rotatable bonds is 1. The second-order valence-electron chi connectivity index (χ2n) is 6.44. The molecule has 0 N–H and O–H groups in total. The van der Waals surface area contributed by atoms with Crippen LogP contribution in [0.15, 0.2) is 57.8 Å². The molecule has 0 aliphatic carbocycles. The summed E-state index contributed by atoms with van der Waals surface area (Å²) in [5, 5.41) is 1.49. The van der Waals surface area contributed by atoms with Crippen molar-refractivity contribution in [3.63, 3.8) is 0 Å². The first-order valence-electron chi connectivity index (χ1n) is 8.31. The Morgan fingerprint density at radius 1 is 1.04 bits per heavy atom. The van der Waals surface area contributed by atoms with Crippen LogP contribution >= 0.6 is 15.9 Å². The van der Waals surface area contributed by atoms with Crippen molar-refractivity contribution in [2.24, 2.45) is 7.05 Å². The van der Waals surface area contributed by atoms with Crippen LogP contribution in [0.5, 0.6) is 0 Å². The first-order chi connectivity index (χ1) is 12.4. The Hall–Kier alpha value is -2.66. The van der Waals surface area contributed by atoms with Gasteiger partial charge in [-0.15, -0.1) is 0 Å². The molecule has 4 aromatic rings. The van der Waals surface area contributed by atoms with E-state index in [2.05, 4.69) is 15.9 Å². The van der Waals surface area contributed by atoms with Crippen LogP contribution in [0, 0.1) is 6.92 Å². The van der Waals surface area contributed by atoms with Gasteiger partial charge >= 0.3 is 0 Å².